The Morgan fingerprint density at radius 1 is 1.12 bits per heavy atom. The van der Waals surface area contributed by atoms with E-state index in [4.69, 9.17) is 11.6 Å². The molecule has 3 nitrogen and oxygen atoms in total. The van der Waals surface area contributed by atoms with Crippen molar-refractivity contribution in [2.24, 2.45) is 0 Å². The highest BCUT2D eigenvalue weighted by Gasteiger charge is 2.39. The zero-order chi connectivity index (χ0) is 17.3. The van der Waals surface area contributed by atoms with Crippen LogP contribution in [0.1, 0.15) is 36.9 Å². The molecule has 1 fully saturated rings. The second-order valence-electron chi connectivity index (χ2n) is 7.24. The van der Waals surface area contributed by atoms with E-state index in [0.717, 1.165) is 44.0 Å². The lowest BCUT2D eigenvalue weighted by atomic mass is 9.86. The Hall–Kier alpha value is -1.55. The van der Waals surface area contributed by atoms with E-state index in [1.807, 2.05) is 6.07 Å². The number of halogens is 1. The van der Waals surface area contributed by atoms with E-state index in [1.165, 1.54) is 16.8 Å². The van der Waals surface area contributed by atoms with E-state index in [9.17, 15) is 0 Å². The fraction of sp³-hybridized carbons (Fsp3) is 0.429. The third-order valence-corrected chi connectivity index (χ3v) is 5.90. The molecular weight excluding hydrogens is 330 g/mol. The number of nitrogens with one attached hydrogen (secondary N) is 2. The van der Waals surface area contributed by atoms with E-state index < -0.39 is 0 Å². The Bertz CT molecular complexity index is 725. The molecule has 0 radical (unpaired) electrons. The maximum Gasteiger partial charge on any atom is 0.0602 e. The zero-order valence-electron chi connectivity index (χ0n) is 14.8. The van der Waals surface area contributed by atoms with Gasteiger partial charge >= 0.3 is 0 Å². The van der Waals surface area contributed by atoms with Gasteiger partial charge in [-0.3, -0.25) is 5.32 Å². The predicted molar refractivity (Wildman–Crippen MR) is 106 cm³/mol. The van der Waals surface area contributed by atoms with Crippen LogP contribution >= 0.6 is 11.6 Å². The van der Waals surface area contributed by atoms with Crippen LogP contribution in [0.3, 0.4) is 0 Å². The largest absolute Gasteiger partial charge is 0.370 e. The molecule has 25 heavy (non-hydrogen) atoms. The minimum Gasteiger partial charge on any atom is -0.370 e. The van der Waals surface area contributed by atoms with Crippen molar-refractivity contribution in [1.29, 1.82) is 0 Å². The number of anilines is 1. The maximum absolute atomic E-state index is 6.39. The molecule has 2 heterocycles. The number of fused-ring (bicyclic) bond motifs is 1. The van der Waals surface area contributed by atoms with E-state index in [0.29, 0.717) is 0 Å². The van der Waals surface area contributed by atoms with E-state index in [1.54, 1.807) is 0 Å². The summed E-state index contributed by atoms with van der Waals surface area (Å²) in [6.07, 6.45) is 2.29. The minimum atomic E-state index is 0.132. The van der Waals surface area contributed by atoms with Crippen molar-refractivity contribution in [2.75, 3.05) is 31.1 Å². The molecule has 2 aromatic rings. The average molecular weight is 356 g/mol. The summed E-state index contributed by atoms with van der Waals surface area (Å²) in [5, 5.41) is 8.37. The normalized spacial score (nSPS) is 22.5. The summed E-state index contributed by atoms with van der Waals surface area (Å²) >= 11 is 6.39. The zero-order valence-corrected chi connectivity index (χ0v) is 15.5. The van der Waals surface area contributed by atoms with Crippen LogP contribution in [0.4, 0.5) is 5.69 Å². The first-order valence-corrected chi connectivity index (χ1v) is 9.66. The molecule has 0 bridgehead atoms. The van der Waals surface area contributed by atoms with Crippen LogP contribution in [0.2, 0.25) is 5.02 Å². The van der Waals surface area contributed by atoms with Gasteiger partial charge in [0, 0.05) is 29.3 Å². The second kappa shape index (κ2) is 6.99. The number of hydrogen-bond donors (Lipinski definition) is 2. The molecule has 1 saturated heterocycles. The molecule has 132 valence electrons. The lowest BCUT2D eigenvalue weighted by Gasteiger charge is -2.42. The summed E-state index contributed by atoms with van der Waals surface area (Å²) in [5.74, 6) is 0. The van der Waals surface area contributed by atoms with Gasteiger partial charge in [-0.25, -0.2) is 0 Å². The van der Waals surface area contributed by atoms with Gasteiger partial charge in [-0.05, 0) is 62.2 Å². The quantitative estimate of drug-likeness (QED) is 0.853. The third-order valence-electron chi connectivity index (χ3n) is 5.66. The van der Waals surface area contributed by atoms with Crippen LogP contribution in [-0.4, -0.2) is 31.7 Å². The number of likely N-dealkylation sites (N-methyl/N-ethyl adjacent to an activating group) is 1. The third kappa shape index (κ3) is 3.29. The molecule has 2 N–H and O–H groups in total. The first-order chi connectivity index (χ1) is 12.2. The van der Waals surface area contributed by atoms with Crippen LogP contribution in [0, 0.1) is 0 Å². The number of rotatable bonds is 2. The highest BCUT2D eigenvalue weighted by Crippen LogP contribution is 2.39. The highest BCUT2D eigenvalue weighted by molar-refractivity contribution is 6.30. The number of nitrogens with zero attached hydrogens (tertiary/aromatic N) is 1. The molecule has 4 heteroatoms. The van der Waals surface area contributed by atoms with E-state index in [-0.39, 0.29) is 11.6 Å². The van der Waals surface area contributed by atoms with Gasteiger partial charge in [0.1, 0.15) is 0 Å². The fourth-order valence-electron chi connectivity index (χ4n) is 4.32. The Morgan fingerprint density at radius 3 is 2.60 bits per heavy atom. The first-order valence-electron chi connectivity index (χ1n) is 9.28. The number of piperidine rings is 1. The molecule has 2 aliphatic heterocycles. The van der Waals surface area contributed by atoms with Crippen molar-refractivity contribution in [2.45, 2.75) is 31.3 Å². The minimum absolute atomic E-state index is 0.132. The Morgan fingerprint density at radius 2 is 1.88 bits per heavy atom. The van der Waals surface area contributed by atoms with Gasteiger partial charge < -0.3 is 10.2 Å². The topological polar surface area (TPSA) is 27.3 Å². The lowest BCUT2D eigenvalue weighted by Crippen LogP contribution is -2.58. The highest BCUT2D eigenvalue weighted by atomic mass is 35.5. The van der Waals surface area contributed by atoms with Gasteiger partial charge in [0.15, 0.2) is 0 Å². The molecule has 4 rings (SSSR count). The van der Waals surface area contributed by atoms with Gasteiger partial charge in [0.25, 0.3) is 0 Å². The van der Waals surface area contributed by atoms with Crippen molar-refractivity contribution in [3.63, 3.8) is 0 Å². The monoisotopic (exact) mass is 355 g/mol. The Balaban J connectivity index is 1.85. The average Bonchev–Trinajstić information content (AvgIpc) is 2.78. The van der Waals surface area contributed by atoms with Crippen molar-refractivity contribution in [1.82, 2.24) is 10.6 Å². The van der Waals surface area contributed by atoms with Crippen LogP contribution in [-0.2, 0) is 0 Å². The van der Waals surface area contributed by atoms with Crippen molar-refractivity contribution < 1.29 is 0 Å². The summed E-state index contributed by atoms with van der Waals surface area (Å²) in [6, 6.07) is 17.3. The standard InChI is InChI=1S/C21H26ClN3/c1-2-25-15-21(10-12-23-13-11-21)24-20(16-6-4-3-5-7-16)18-14-17(22)8-9-19(18)25/h3-9,14,20,23-24H,2,10-13,15H2,1H3. The van der Waals surface area contributed by atoms with Gasteiger partial charge in [0.2, 0.25) is 0 Å². The van der Waals surface area contributed by atoms with Crippen molar-refractivity contribution in [3.05, 3.63) is 64.7 Å². The molecule has 0 amide bonds. The summed E-state index contributed by atoms with van der Waals surface area (Å²) in [7, 11) is 0. The molecule has 0 aromatic heterocycles. The summed E-state index contributed by atoms with van der Waals surface area (Å²) in [4.78, 5) is 2.52. The lowest BCUT2D eigenvalue weighted by molar-refractivity contribution is 0.236. The predicted octanol–water partition coefficient (Wildman–Crippen LogP) is 3.98. The molecular formula is C21H26ClN3. The second-order valence-corrected chi connectivity index (χ2v) is 7.67. The van der Waals surface area contributed by atoms with Crippen LogP contribution in [0.25, 0.3) is 0 Å². The first kappa shape index (κ1) is 16.9. The molecule has 1 spiro atoms. The number of benzene rings is 2. The van der Waals surface area contributed by atoms with E-state index >= 15 is 0 Å². The molecule has 1 unspecified atom stereocenters. The van der Waals surface area contributed by atoms with Gasteiger partial charge in [-0.1, -0.05) is 41.9 Å². The van der Waals surface area contributed by atoms with Crippen molar-refractivity contribution in [3.8, 4) is 0 Å². The van der Waals surface area contributed by atoms with Gasteiger partial charge in [-0.2, -0.15) is 0 Å². The van der Waals surface area contributed by atoms with Crippen LogP contribution in [0.5, 0.6) is 0 Å². The van der Waals surface area contributed by atoms with Gasteiger partial charge in [-0.15, -0.1) is 0 Å². The van der Waals surface area contributed by atoms with Gasteiger partial charge in [0.05, 0.1) is 6.04 Å². The van der Waals surface area contributed by atoms with Crippen LogP contribution < -0.4 is 15.5 Å². The summed E-state index contributed by atoms with van der Waals surface area (Å²) < 4.78 is 0. The Labute approximate surface area is 155 Å². The SMILES string of the molecule is CCN1CC2(CCNCC2)NC(c2ccccc2)c2cc(Cl)ccc21. The molecule has 2 aliphatic rings. The summed E-state index contributed by atoms with van der Waals surface area (Å²) in [5.41, 5.74) is 4.04. The fourth-order valence-corrected chi connectivity index (χ4v) is 4.50. The van der Waals surface area contributed by atoms with Crippen LogP contribution in [0.15, 0.2) is 48.5 Å². The molecule has 0 saturated carbocycles. The maximum atomic E-state index is 6.39. The Kier molecular flexibility index (Phi) is 4.72. The molecule has 0 aliphatic carbocycles. The molecule has 1 atom stereocenters. The number of hydrogen-bond acceptors (Lipinski definition) is 3. The molecule has 2 aromatic carbocycles. The summed E-state index contributed by atoms with van der Waals surface area (Å²) in [6.45, 7) is 6.44. The van der Waals surface area contributed by atoms with E-state index in [2.05, 4.69) is 64.9 Å². The smallest absolute Gasteiger partial charge is 0.0602 e. The van der Waals surface area contributed by atoms with Crippen molar-refractivity contribution >= 4 is 17.3 Å².